The molecule has 1 unspecified atom stereocenters. The molecule has 4 nitrogen and oxygen atoms in total. The third-order valence-electron chi connectivity index (χ3n) is 3.42. The summed E-state index contributed by atoms with van der Waals surface area (Å²) in [4.78, 5) is 12.1. The Morgan fingerprint density at radius 2 is 1.95 bits per heavy atom. The molecule has 112 valence electrons. The van der Waals surface area contributed by atoms with Crippen LogP contribution in [0.1, 0.15) is 18.4 Å². The van der Waals surface area contributed by atoms with Crippen LogP contribution >= 0.6 is 0 Å². The number of nitrogens with zero attached hydrogens (tertiary/aromatic N) is 4. The number of aromatic nitrogens is 2. The summed E-state index contributed by atoms with van der Waals surface area (Å²) < 4.78 is 37.4. The molecule has 0 aliphatic carbocycles. The van der Waals surface area contributed by atoms with Gasteiger partial charge in [-0.05, 0) is 20.8 Å². The Kier molecular flexibility index (Phi) is 4.17. The van der Waals surface area contributed by atoms with E-state index < -0.39 is 12.7 Å². The van der Waals surface area contributed by atoms with E-state index in [-0.39, 0.29) is 6.04 Å². The fourth-order valence-electron chi connectivity index (χ4n) is 2.53. The largest absolute Gasteiger partial charge is 0.401 e. The standard InChI is InChI=1S/C13H19F3N4/c1-9-6-12(18-11(3)17-9)19-4-5-20(10(2)7-19)8-13(14,15)16/h6,10H,4-5,7-8H2,1-3H3. The van der Waals surface area contributed by atoms with Gasteiger partial charge in [-0.15, -0.1) is 0 Å². The third kappa shape index (κ3) is 3.82. The van der Waals surface area contributed by atoms with E-state index in [4.69, 9.17) is 0 Å². The van der Waals surface area contributed by atoms with Gasteiger partial charge in [0.25, 0.3) is 0 Å². The van der Waals surface area contributed by atoms with Gasteiger partial charge >= 0.3 is 6.18 Å². The fourth-order valence-corrected chi connectivity index (χ4v) is 2.53. The van der Waals surface area contributed by atoms with Crippen molar-refractivity contribution in [2.45, 2.75) is 33.0 Å². The number of rotatable bonds is 2. The van der Waals surface area contributed by atoms with Crippen molar-refractivity contribution in [3.8, 4) is 0 Å². The van der Waals surface area contributed by atoms with Crippen molar-refractivity contribution in [1.82, 2.24) is 14.9 Å². The highest BCUT2D eigenvalue weighted by Crippen LogP contribution is 2.22. The van der Waals surface area contributed by atoms with Crippen LogP contribution in [0.2, 0.25) is 0 Å². The van der Waals surface area contributed by atoms with Crippen molar-refractivity contribution in [1.29, 1.82) is 0 Å². The summed E-state index contributed by atoms with van der Waals surface area (Å²) in [5.41, 5.74) is 0.873. The molecule has 1 aromatic heterocycles. The van der Waals surface area contributed by atoms with E-state index in [1.165, 1.54) is 4.90 Å². The van der Waals surface area contributed by atoms with Crippen LogP contribution in [0.4, 0.5) is 19.0 Å². The first-order valence-corrected chi connectivity index (χ1v) is 6.62. The first-order valence-electron chi connectivity index (χ1n) is 6.62. The molecule has 2 rings (SSSR count). The molecule has 1 aliphatic rings. The second kappa shape index (κ2) is 5.55. The van der Waals surface area contributed by atoms with E-state index in [9.17, 15) is 13.2 Å². The monoisotopic (exact) mass is 288 g/mol. The highest BCUT2D eigenvalue weighted by molar-refractivity contribution is 5.40. The van der Waals surface area contributed by atoms with Crippen molar-refractivity contribution in [2.24, 2.45) is 0 Å². The molecule has 0 N–H and O–H groups in total. The van der Waals surface area contributed by atoms with E-state index in [1.807, 2.05) is 31.7 Å². The zero-order valence-corrected chi connectivity index (χ0v) is 11.9. The lowest BCUT2D eigenvalue weighted by Crippen LogP contribution is -2.54. The van der Waals surface area contributed by atoms with Crippen LogP contribution in [0, 0.1) is 13.8 Å². The minimum absolute atomic E-state index is 0.152. The van der Waals surface area contributed by atoms with Crippen molar-refractivity contribution >= 4 is 5.82 Å². The van der Waals surface area contributed by atoms with Crippen LogP contribution in [0.3, 0.4) is 0 Å². The second-order valence-electron chi connectivity index (χ2n) is 5.30. The molecule has 0 saturated carbocycles. The molecule has 1 atom stereocenters. The lowest BCUT2D eigenvalue weighted by molar-refractivity contribution is -0.150. The number of hydrogen-bond donors (Lipinski definition) is 0. The van der Waals surface area contributed by atoms with Crippen molar-refractivity contribution in [2.75, 3.05) is 31.1 Å². The van der Waals surface area contributed by atoms with E-state index in [0.717, 1.165) is 11.5 Å². The van der Waals surface area contributed by atoms with Gasteiger partial charge in [0.1, 0.15) is 11.6 Å². The summed E-state index contributed by atoms with van der Waals surface area (Å²) in [6.07, 6.45) is -4.14. The maximum atomic E-state index is 12.5. The first kappa shape index (κ1) is 15.0. The molecule has 0 radical (unpaired) electrons. The minimum atomic E-state index is -4.14. The fraction of sp³-hybridized carbons (Fsp3) is 0.692. The lowest BCUT2D eigenvalue weighted by Gasteiger charge is -2.40. The molecule has 0 bridgehead atoms. The average molecular weight is 288 g/mol. The second-order valence-corrected chi connectivity index (χ2v) is 5.30. The highest BCUT2D eigenvalue weighted by atomic mass is 19.4. The molecule has 0 spiro atoms. The maximum absolute atomic E-state index is 12.5. The maximum Gasteiger partial charge on any atom is 0.401 e. The number of hydrogen-bond acceptors (Lipinski definition) is 4. The van der Waals surface area contributed by atoms with Gasteiger partial charge in [0, 0.05) is 37.4 Å². The minimum Gasteiger partial charge on any atom is -0.354 e. The van der Waals surface area contributed by atoms with Crippen LogP contribution in [-0.4, -0.2) is 53.3 Å². The number of alkyl halides is 3. The molecule has 0 amide bonds. The van der Waals surface area contributed by atoms with Gasteiger partial charge in [-0.3, -0.25) is 4.90 Å². The Morgan fingerprint density at radius 1 is 1.25 bits per heavy atom. The third-order valence-corrected chi connectivity index (χ3v) is 3.42. The van der Waals surface area contributed by atoms with Crippen LogP contribution in [0.25, 0.3) is 0 Å². The number of aryl methyl sites for hydroxylation is 2. The Balaban J connectivity index is 2.05. The molecule has 20 heavy (non-hydrogen) atoms. The quantitative estimate of drug-likeness (QED) is 0.835. The van der Waals surface area contributed by atoms with Crippen molar-refractivity contribution in [3.05, 3.63) is 17.6 Å². The smallest absolute Gasteiger partial charge is 0.354 e. The predicted molar refractivity (Wildman–Crippen MR) is 70.8 cm³/mol. The van der Waals surface area contributed by atoms with Gasteiger partial charge in [-0.1, -0.05) is 0 Å². The summed E-state index contributed by atoms with van der Waals surface area (Å²) in [6, 6.07) is 1.72. The Labute approximate surface area is 116 Å². The van der Waals surface area contributed by atoms with E-state index >= 15 is 0 Å². The molecular formula is C13H19F3N4. The van der Waals surface area contributed by atoms with Gasteiger partial charge < -0.3 is 4.90 Å². The van der Waals surface area contributed by atoms with Gasteiger partial charge in [0.15, 0.2) is 0 Å². The molecule has 7 heteroatoms. The van der Waals surface area contributed by atoms with Crippen LogP contribution in [0.5, 0.6) is 0 Å². The summed E-state index contributed by atoms with van der Waals surface area (Å²) in [5, 5.41) is 0. The lowest BCUT2D eigenvalue weighted by atomic mass is 10.2. The topological polar surface area (TPSA) is 32.3 Å². The SMILES string of the molecule is Cc1cc(N2CCN(CC(F)(F)F)C(C)C2)nc(C)n1. The zero-order valence-electron chi connectivity index (χ0n) is 11.9. The normalized spacial score (nSPS) is 21.3. The highest BCUT2D eigenvalue weighted by Gasteiger charge is 2.35. The Bertz CT molecular complexity index is 455. The van der Waals surface area contributed by atoms with E-state index in [2.05, 4.69) is 9.97 Å². The summed E-state index contributed by atoms with van der Waals surface area (Å²) in [6.45, 7) is 6.18. The van der Waals surface area contributed by atoms with Crippen LogP contribution in [-0.2, 0) is 0 Å². The van der Waals surface area contributed by atoms with Gasteiger partial charge in [-0.2, -0.15) is 13.2 Å². The van der Waals surface area contributed by atoms with Crippen LogP contribution < -0.4 is 4.90 Å². The van der Waals surface area contributed by atoms with Crippen molar-refractivity contribution < 1.29 is 13.2 Å². The number of halogens is 3. The van der Waals surface area contributed by atoms with E-state index in [0.29, 0.717) is 25.5 Å². The zero-order chi connectivity index (χ0) is 14.9. The van der Waals surface area contributed by atoms with Gasteiger partial charge in [-0.25, -0.2) is 9.97 Å². The average Bonchev–Trinajstić information content (AvgIpc) is 2.29. The predicted octanol–water partition coefficient (Wildman–Crippen LogP) is 2.17. The summed E-state index contributed by atoms with van der Waals surface area (Å²) >= 11 is 0. The summed E-state index contributed by atoms with van der Waals surface area (Å²) in [5.74, 6) is 1.49. The molecular weight excluding hydrogens is 269 g/mol. The molecule has 2 heterocycles. The molecule has 0 aromatic carbocycles. The summed E-state index contributed by atoms with van der Waals surface area (Å²) in [7, 11) is 0. The molecule has 1 fully saturated rings. The number of piperazine rings is 1. The van der Waals surface area contributed by atoms with Gasteiger partial charge in [0.2, 0.25) is 0 Å². The molecule has 1 aromatic rings. The Morgan fingerprint density at radius 3 is 2.50 bits per heavy atom. The van der Waals surface area contributed by atoms with Crippen molar-refractivity contribution in [3.63, 3.8) is 0 Å². The van der Waals surface area contributed by atoms with Gasteiger partial charge in [0.05, 0.1) is 6.54 Å². The molecule has 1 saturated heterocycles. The first-order chi connectivity index (χ1) is 9.24. The number of anilines is 1. The van der Waals surface area contributed by atoms with E-state index in [1.54, 1.807) is 0 Å². The Hall–Kier alpha value is -1.37. The van der Waals surface area contributed by atoms with Crippen LogP contribution in [0.15, 0.2) is 6.07 Å². The molecule has 1 aliphatic heterocycles.